The summed E-state index contributed by atoms with van der Waals surface area (Å²) >= 11 is 0. The number of halogens is 3. The van der Waals surface area contributed by atoms with Gasteiger partial charge in [-0.3, -0.25) is 5.32 Å². The van der Waals surface area contributed by atoms with E-state index in [1.807, 2.05) is 0 Å². The third-order valence-corrected chi connectivity index (χ3v) is 5.57. The van der Waals surface area contributed by atoms with E-state index in [0.29, 0.717) is 6.07 Å². The standard InChI is InChI=1S/C11H11F3N2O4S/c12-11(13,14)8-3-1-2-4-9(8)21(19,20)16(10(17)18)6-5-15-7-16/h1-4,15H,5-7H2. The van der Waals surface area contributed by atoms with Crippen LogP contribution in [-0.2, 0) is 16.2 Å². The molecule has 1 atom stereocenters. The van der Waals surface area contributed by atoms with Crippen LogP contribution in [0.1, 0.15) is 5.56 Å². The first-order valence-electron chi connectivity index (χ1n) is 5.84. The smallest absolute Gasteiger partial charge is 0.417 e. The molecule has 1 unspecified atom stereocenters. The molecule has 6 nitrogen and oxygen atoms in total. The molecule has 1 fully saturated rings. The zero-order chi connectivity index (χ0) is 15.9. The molecule has 1 saturated heterocycles. The van der Waals surface area contributed by atoms with Crippen molar-refractivity contribution in [1.82, 2.24) is 5.32 Å². The van der Waals surface area contributed by atoms with Gasteiger partial charge in [0.1, 0.15) is 11.4 Å². The lowest BCUT2D eigenvalue weighted by atomic mass is 10.2. The number of carbonyl (C=O) groups is 1. The van der Waals surface area contributed by atoms with Crippen molar-refractivity contribution in [2.45, 2.75) is 11.1 Å². The van der Waals surface area contributed by atoms with Crippen molar-refractivity contribution < 1.29 is 35.4 Å². The summed E-state index contributed by atoms with van der Waals surface area (Å²) in [5, 5.41) is 13.8. The van der Waals surface area contributed by atoms with Gasteiger partial charge in [0.2, 0.25) is 0 Å². The minimum absolute atomic E-state index is 0.0431. The van der Waals surface area contributed by atoms with E-state index in [0.717, 1.165) is 18.2 Å². The van der Waals surface area contributed by atoms with Gasteiger partial charge in [-0.1, -0.05) is 12.1 Å². The van der Waals surface area contributed by atoms with E-state index in [2.05, 4.69) is 5.32 Å². The Bertz CT molecular complexity index is 666. The summed E-state index contributed by atoms with van der Waals surface area (Å²) in [5.74, 6) is 0. The molecule has 1 aliphatic heterocycles. The zero-order valence-electron chi connectivity index (χ0n) is 10.6. The molecule has 0 radical (unpaired) electrons. The van der Waals surface area contributed by atoms with Crippen LogP contribution in [0.15, 0.2) is 29.2 Å². The number of carbonyl (C=O) groups excluding carboxylic acids is 1. The second-order valence-corrected chi connectivity index (χ2v) is 6.59. The number of carboxylic acid groups (broad SMARTS) is 1. The molecule has 1 amide bonds. The second-order valence-electron chi connectivity index (χ2n) is 4.51. The normalized spacial score (nSPS) is 23.2. The van der Waals surface area contributed by atoms with Gasteiger partial charge in [-0.15, -0.1) is 0 Å². The van der Waals surface area contributed by atoms with Gasteiger partial charge in [-0.05, 0) is 12.1 Å². The van der Waals surface area contributed by atoms with Crippen LogP contribution < -0.4 is 10.4 Å². The lowest BCUT2D eigenvalue weighted by molar-refractivity contribution is -0.744. The first-order valence-corrected chi connectivity index (χ1v) is 7.28. The Labute approximate surface area is 118 Å². The average molecular weight is 324 g/mol. The third-order valence-electron chi connectivity index (χ3n) is 3.28. The predicted molar refractivity (Wildman–Crippen MR) is 62.0 cm³/mol. The number of rotatable bonds is 2. The van der Waals surface area contributed by atoms with Crippen molar-refractivity contribution in [3.05, 3.63) is 29.8 Å². The number of sulfonamides is 1. The third kappa shape index (κ3) is 2.39. The van der Waals surface area contributed by atoms with Gasteiger partial charge in [0.25, 0.3) is 6.09 Å². The monoisotopic (exact) mass is 324 g/mol. The maximum absolute atomic E-state index is 12.9. The van der Waals surface area contributed by atoms with Gasteiger partial charge in [0.15, 0.2) is 6.67 Å². The van der Waals surface area contributed by atoms with Crippen LogP contribution in [0.2, 0.25) is 0 Å². The number of nitrogens with one attached hydrogen (secondary N) is 1. The Morgan fingerprint density at radius 1 is 1.29 bits per heavy atom. The quantitative estimate of drug-likeness (QED) is 0.781. The zero-order valence-corrected chi connectivity index (χ0v) is 11.4. The highest BCUT2D eigenvalue weighted by atomic mass is 32.2. The fraction of sp³-hybridized carbons (Fsp3) is 0.364. The number of amides is 1. The van der Waals surface area contributed by atoms with Crippen molar-refractivity contribution in [2.24, 2.45) is 0 Å². The number of benzene rings is 1. The van der Waals surface area contributed by atoms with Crippen LogP contribution in [0.5, 0.6) is 0 Å². The Morgan fingerprint density at radius 3 is 2.38 bits per heavy atom. The molecule has 0 aliphatic carbocycles. The van der Waals surface area contributed by atoms with Gasteiger partial charge < -0.3 is 9.90 Å². The van der Waals surface area contributed by atoms with E-state index in [9.17, 15) is 31.5 Å². The Kier molecular flexibility index (Phi) is 3.72. The highest BCUT2D eigenvalue weighted by molar-refractivity contribution is 7.86. The van der Waals surface area contributed by atoms with Gasteiger partial charge in [-0.2, -0.15) is 25.5 Å². The van der Waals surface area contributed by atoms with Crippen molar-refractivity contribution in [3.8, 4) is 0 Å². The molecule has 1 aromatic rings. The molecule has 0 saturated carbocycles. The van der Waals surface area contributed by atoms with E-state index >= 15 is 0 Å². The molecule has 2 rings (SSSR count). The van der Waals surface area contributed by atoms with Crippen LogP contribution in [-0.4, -0.2) is 38.2 Å². The van der Waals surface area contributed by atoms with Crippen LogP contribution in [0.25, 0.3) is 0 Å². The number of hydrogen-bond donors (Lipinski definition) is 1. The first-order chi connectivity index (χ1) is 9.63. The van der Waals surface area contributed by atoms with E-state index in [-0.39, 0.29) is 6.54 Å². The summed E-state index contributed by atoms with van der Waals surface area (Å²) in [6, 6.07) is 3.49. The average Bonchev–Trinajstić information content (AvgIpc) is 2.89. The number of nitrogens with zero attached hydrogens (tertiary/aromatic N) is 1. The summed E-state index contributed by atoms with van der Waals surface area (Å²) in [6.45, 7) is -0.908. The van der Waals surface area contributed by atoms with Crippen molar-refractivity contribution >= 4 is 16.1 Å². The summed E-state index contributed by atoms with van der Waals surface area (Å²) in [4.78, 5) is 10.2. The van der Waals surface area contributed by atoms with E-state index < -0.39 is 49.9 Å². The van der Waals surface area contributed by atoms with Crippen LogP contribution in [0, 0.1) is 0 Å². The number of quaternary nitrogens is 1. The first kappa shape index (κ1) is 15.7. The maximum Gasteiger partial charge on any atom is 0.417 e. The largest absolute Gasteiger partial charge is 0.497 e. The fourth-order valence-corrected chi connectivity index (χ4v) is 4.05. The minimum atomic E-state index is -4.91. The number of alkyl halides is 3. The van der Waals surface area contributed by atoms with Gasteiger partial charge in [-0.25, -0.2) is 0 Å². The highest BCUT2D eigenvalue weighted by Gasteiger charge is 2.51. The SMILES string of the molecule is O=C([O-])[N+]1(S(=O)(=O)c2ccccc2C(F)(F)F)CCNC1. The topological polar surface area (TPSA) is 86.3 Å². The predicted octanol–water partition coefficient (Wildman–Crippen LogP) is 0.115. The Balaban J connectivity index is 2.68. The lowest BCUT2D eigenvalue weighted by Crippen LogP contribution is -2.61. The molecule has 1 N–H and O–H groups in total. The van der Waals surface area contributed by atoms with Gasteiger partial charge in [0.05, 0.1) is 12.1 Å². The summed E-state index contributed by atoms with van der Waals surface area (Å²) in [7, 11) is -4.82. The highest BCUT2D eigenvalue weighted by Crippen LogP contribution is 2.37. The van der Waals surface area contributed by atoms with E-state index in [4.69, 9.17) is 0 Å². The molecule has 0 aromatic heterocycles. The molecule has 0 bridgehead atoms. The van der Waals surface area contributed by atoms with Crippen molar-refractivity contribution in [1.29, 1.82) is 0 Å². The minimum Gasteiger partial charge on any atom is -0.497 e. The molecular formula is C11H11F3N2O4S. The molecule has 116 valence electrons. The second kappa shape index (κ2) is 4.97. The molecule has 1 aromatic carbocycles. The summed E-state index contributed by atoms with van der Waals surface area (Å²) in [5.41, 5.74) is -1.39. The van der Waals surface area contributed by atoms with Crippen LogP contribution in [0.3, 0.4) is 0 Å². The van der Waals surface area contributed by atoms with Crippen LogP contribution in [0.4, 0.5) is 18.0 Å². The molecule has 21 heavy (non-hydrogen) atoms. The van der Waals surface area contributed by atoms with E-state index in [1.165, 1.54) is 0 Å². The Hall–Kier alpha value is -1.65. The lowest BCUT2D eigenvalue weighted by Gasteiger charge is -2.31. The molecule has 1 heterocycles. The molecular weight excluding hydrogens is 313 g/mol. The van der Waals surface area contributed by atoms with Gasteiger partial charge in [0, 0.05) is 0 Å². The fourth-order valence-electron chi connectivity index (χ4n) is 2.17. The molecule has 1 aliphatic rings. The molecule has 10 heteroatoms. The summed E-state index contributed by atoms with van der Waals surface area (Å²) < 4.78 is 62.2. The van der Waals surface area contributed by atoms with Crippen molar-refractivity contribution in [2.75, 3.05) is 19.8 Å². The maximum atomic E-state index is 12.9. The van der Waals surface area contributed by atoms with Crippen LogP contribution >= 0.6 is 0 Å². The summed E-state index contributed by atoms with van der Waals surface area (Å²) in [6.07, 6.45) is -6.87. The van der Waals surface area contributed by atoms with Gasteiger partial charge >= 0.3 is 16.2 Å². The van der Waals surface area contributed by atoms with Crippen molar-refractivity contribution in [3.63, 3.8) is 0 Å². The number of hydrogen-bond acceptors (Lipinski definition) is 5. The molecule has 0 spiro atoms. The van der Waals surface area contributed by atoms with E-state index in [1.54, 1.807) is 0 Å². The Morgan fingerprint density at radius 2 is 1.90 bits per heavy atom.